The first kappa shape index (κ1) is 26.5. The summed E-state index contributed by atoms with van der Waals surface area (Å²) in [6.45, 7) is 4.00. The second-order valence-electron chi connectivity index (χ2n) is 9.01. The molecule has 0 heterocycles. The first-order valence-electron chi connectivity index (χ1n) is 12.6. The van der Waals surface area contributed by atoms with Gasteiger partial charge in [0.2, 0.25) is 0 Å². The Hall–Kier alpha value is -3.52. The van der Waals surface area contributed by atoms with Crippen molar-refractivity contribution in [1.82, 2.24) is 5.32 Å². The summed E-state index contributed by atoms with van der Waals surface area (Å²) in [7, 11) is 0. The number of benzene rings is 3. The number of aliphatic hydroxyl groups is 1. The molecule has 0 aromatic heterocycles. The highest BCUT2D eigenvalue weighted by Gasteiger charge is 2.24. The monoisotopic (exact) mass is 503 g/mol. The van der Waals surface area contributed by atoms with E-state index in [1.165, 1.54) is 0 Å². The van der Waals surface area contributed by atoms with E-state index in [1.807, 2.05) is 49.4 Å². The first-order chi connectivity index (χ1) is 18.0. The molecule has 2 N–H and O–H groups in total. The molecule has 1 saturated carbocycles. The third-order valence-corrected chi connectivity index (χ3v) is 6.09. The van der Waals surface area contributed by atoms with E-state index >= 15 is 0 Å². The molecule has 1 fully saturated rings. The Kier molecular flexibility index (Phi) is 9.43. The molecule has 1 aliphatic rings. The number of nitrogens with one attached hydrogen (secondary N) is 1. The molecule has 0 spiro atoms. The average Bonchev–Trinajstić information content (AvgIpc) is 3.74. The summed E-state index contributed by atoms with van der Waals surface area (Å²) >= 11 is 0. The zero-order valence-corrected chi connectivity index (χ0v) is 21.1. The number of carbonyl (C=O) groups excluding carboxylic acids is 2. The Labute approximate surface area is 217 Å². The fraction of sp³-hybridized carbons (Fsp3) is 0.333. The van der Waals surface area contributed by atoms with Crippen LogP contribution in [-0.2, 0) is 9.47 Å². The molecular formula is C30H33NO6. The number of carbonyl (C=O) groups is 2. The average molecular weight is 504 g/mol. The Balaban J connectivity index is 1.31. The van der Waals surface area contributed by atoms with Crippen LogP contribution >= 0.6 is 0 Å². The highest BCUT2D eigenvalue weighted by atomic mass is 16.5. The van der Waals surface area contributed by atoms with Crippen molar-refractivity contribution in [3.05, 3.63) is 89.0 Å². The fourth-order valence-electron chi connectivity index (χ4n) is 3.85. The van der Waals surface area contributed by atoms with Crippen molar-refractivity contribution in [3.63, 3.8) is 0 Å². The van der Waals surface area contributed by atoms with Gasteiger partial charge in [0.05, 0.1) is 33.0 Å². The van der Waals surface area contributed by atoms with Crippen molar-refractivity contribution in [2.45, 2.75) is 25.8 Å². The minimum Gasteiger partial charge on any atom is -0.491 e. The standard InChI is InChI=1S/C30H33NO6/c1-21-2-3-25(30(34)31-26-10-11-26)20-28(21)22-4-6-23(7-5-22)29(33)24-8-12-27(13-9-24)37-19-18-36-17-16-35-15-14-32/h2-9,12-13,20,26,32H,10-11,14-19H2,1H3,(H,31,34). The first-order valence-corrected chi connectivity index (χ1v) is 12.6. The van der Waals surface area contributed by atoms with Gasteiger partial charge in [-0.3, -0.25) is 9.59 Å². The molecule has 3 aromatic rings. The van der Waals surface area contributed by atoms with E-state index in [2.05, 4.69) is 5.32 Å². The van der Waals surface area contributed by atoms with Gasteiger partial charge in [-0.25, -0.2) is 0 Å². The minimum absolute atomic E-state index is 0.00260. The largest absolute Gasteiger partial charge is 0.491 e. The molecule has 1 aliphatic carbocycles. The SMILES string of the molecule is Cc1ccc(C(=O)NC2CC2)cc1-c1ccc(C(=O)c2ccc(OCCOCCOCCO)cc2)cc1. The van der Waals surface area contributed by atoms with E-state index in [0.29, 0.717) is 61.5 Å². The number of hydrogen-bond donors (Lipinski definition) is 2. The van der Waals surface area contributed by atoms with Gasteiger partial charge in [0.25, 0.3) is 5.91 Å². The number of rotatable bonds is 14. The Morgan fingerprint density at radius 2 is 1.41 bits per heavy atom. The molecule has 0 radical (unpaired) electrons. The highest BCUT2D eigenvalue weighted by Crippen LogP contribution is 2.27. The quantitative estimate of drug-likeness (QED) is 0.253. The lowest BCUT2D eigenvalue weighted by atomic mass is 9.95. The maximum Gasteiger partial charge on any atom is 0.251 e. The van der Waals surface area contributed by atoms with E-state index in [-0.39, 0.29) is 18.3 Å². The van der Waals surface area contributed by atoms with E-state index in [4.69, 9.17) is 19.3 Å². The Morgan fingerprint density at radius 1 is 0.811 bits per heavy atom. The Morgan fingerprint density at radius 3 is 2.05 bits per heavy atom. The van der Waals surface area contributed by atoms with Crippen molar-refractivity contribution in [2.75, 3.05) is 39.6 Å². The summed E-state index contributed by atoms with van der Waals surface area (Å²) in [5.41, 5.74) is 4.82. The van der Waals surface area contributed by atoms with E-state index in [1.54, 1.807) is 24.3 Å². The molecule has 4 rings (SSSR count). The fourth-order valence-corrected chi connectivity index (χ4v) is 3.85. The summed E-state index contributed by atoms with van der Waals surface area (Å²) in [6.07, 6.45) is 2.10. The molecule has 194 valence electrons. The number of hydrogen-bond acceptors (Lipinski definition) is 6. The molecule has 7 nitrogen and oxygen atoms in total. The van der Waals surface area contributed by atoms with Gasteiger partial charge in [0, 0.05) is 22.7 Å². The summed E-state index contributed by atoms with van der Waals surface area (Å²) in [6, 6.07) is 20.6. The van der Waals surface area contributed by atoms with Gasteiger partial charge in [0.1, 0.15) is 12.4 Å². The van der Waals surface area contributed by atoms with Crippen LogP contribution in [0, 0.1) is 6.92 Å². The molecule has 3 aromatic carbocycles. The molecule has 0 atom stereocenters. The number of ether oxygens (including phenoxy) is 3. The van der Waals surface area contributed by atoms with Gasteiger partial charge in [-0.05, 0) is 72.9 Å². The minimum atomic E-state index is -0.0707. The maximum absolute atomic E-state index is 13.0. The van der Waals surface area contributed by atoms with E-state index < -0.39 is 0 Å². The van der Waals surface area contributed by atoms with Crippen molar-refractivity contribution >= 4 is 11.7 Å². The van der Waals surface area contributed by atoms with Crippen LogP contribution in [0.15, 0.2) is 66.7 Å². The number of aryl methyl sites for hydroxylation is 1. The van der Waals surface area contributed by atoms with E-state index in [9.17, 15) is 9.59 Å². The molecule has 0 saturated heterocycles. The number of amides is 1. The van der Waals surface area contributed by atoms with Crippen LogP contribution in [0.2, 0.25) is 0 Å². The van der Waals surface area contributed by atoms with Gasteiger partial charge >= 0.3 is 0 Å². The zero-order chi connectivity index (χ0) is 26.0. The molecule has 7 heteroatoms. The van der Waals surface area contributed by atoms with Crippen LogP contribution in [0.3, 0.4) is 0 Å². The van der Waals surface area contributed by atoms with Crippen LogP contribution < -0.4 is 10.1 Å². The molecule has 0 bridgehead atoms. The molecule has 0 aliphatic heterocycles. The van der Waals surface area contributed by atoms with Crippen LogP contribution in [0.4, 0.5) is 0 Å². The summed E-state index contributed by atoms with van der Waals surface area (Å²) < 4.78 is 16.2. The van der Waals surface area contributed by atoms with Crippen molar-refractivity contribution in [1.29, 1.82) is 0 Å². The van der Waals surface area contributed by atoms with Crippen LogP contribution in [0.1, 0.15) is 44.7 Å². The van der Waals surface area contributed by atoms with Crippen LogP contribution in [0.5, 0.6) is 5.75 Å². The molecule has 37 heavy (non-hydrogen) atoms. The summed E-state index contributed by atoms with van der Waals surface area (Å²) in [5.74, 6) is 0.547. The van der Waals surface area contributed by atoms with Gasteiger partial charge in [-0.1, -0.05) is 30.3 Å². The number of ketones is 1. The second kappa shape index (κ2) is 13.1. The lowest BCUT2D eigenvalue weighted by Gasteiger charge is -2.11. The zero-order valence-electron chi connectivity index (χ0n) is 21.1. The van der Waals surface area contributed by atoms with Crippen molar-refractivity contribution < 1.29 is 28.9 Å². The molecule has 1 amide bonds. The van der Waals surface area contributed by atoms with Gasteiger partial charge in [-0.15, -0.1) is 0 Å². The molecular weight excluding hydrogens is 470 g/mol. The Bertz CT molecular complexity index is 1190. The predicted octanol–water partition coefficient (Wildman–Crippen LogP) is 4.19. The van der Waals surface area contributed by atoms with Gasteiger partial charge < -0.3 is 24.6 Å². The predicted molar refractivity (Wildman–Crippen MR) is 141 cm³/mol. The smallest absolute Gasteiger partial charge is 0.251 e. The maximum atomic E-state index is 13.0. The third kappa shape index (κ3) is 7.73. The molecule has 0 unspecified atom stereocenters. The lowest BCUT2D eigenvalue weighted by molar-refractivity contribution is 0.0247. The van der Waals surface area contributed by atoms with Gasteiger partial charge in [0.15, 0.2) is 5.78 Å². The third-order valence-electron chi connectivity index (χ3n) is 6.09. The summed E-state index contributed by atoms with van der Waals surface area (Å²) in [5, 5.41) is 11.7. The van der Waals surface area contributed by atoms with Crippen molar-refractivity contribution in [3.8, 4) is 16.9 Å². The van der Waals surface area contributed by atoms with Gasteiger partial charge in [-0.2, -0.15) is 0 Å². The highest BCUT2D eigenvalue weighted by molar-refractivity contribution is 6.09. The van der Waals surface area contributed by atoms with Crippen molar-refractivity contribution in [2.24, 2.45) is 0 Å². The topological polar surface area (TPSA) is 94.1 Å². The van der Waals surface area contributed by atoms with E-state index in [0.717, 1.165) is 29.5 Å². The van der Waals surface area contributed by atoms with Crippen LogP contribution in [0.25, 0.3) is 11.1 Å². The number of aliphatic hydroxyl groups excluding tert-OH is 1. The lowest BCUT2D eigenvalue weighted by Crippen LogP contribution is -2.25. The summed E-state index contributed by atoms with van der Waals surface area (Å²) in [4.78, 5) is 25.5. The second-order valence-corrected chi connectivity index (χ2v) is 9.01. The van der Waals surface area contributed by atoms with Crippen LogP contribution in [-0.4, -0.2) is 62.5 Å². The normalized spacial score (nSPS) is 12.8.